The van der Waals surface area contributed by atoms with Crippen molar-refractivity contribution in [1.82, 2.24) is 5.32 Å². The largest absolute Gasteiger partial charge is 0.348 e. The Morgan fingerprint density at radius 2 is 1.96 bits per heavy atom. The van der Waals surface area contributed by atoms with Crippen molar-refractivity contribution in [3.05, 3.63) is 58.1 Å². The Kier molecular flexibility index (Phi) is 5.87. The van der Waals surface area contributed by atoms with E-state index in [9.17, 15) is 13.2 Å². The van der Waals surface area contributed by atoms with E-state index in [0.29, 0.717) is 26.9 Å². The molecule has 26 heavy (non-hydrogen) atoms. The second kappa shape index (κ2) is 7.80. The Labute approximate surface area is 167 Å². The molecule has 2 aromatic rings. The minimum atomic E-state index is -3.28. The van der Waals surface area contributed by atoms with Gasteiger partial charge in [0.2, 0.25) is 5.91 Å². The van der Waals surface area contributed by atoms with Crippen molar-refractivity contribution in [2.24, 2.45) is 0 Å². The summed E-state index contributed by atoms with van der Waals surface area (Å²) in [6, 6.07) is 11.6. The van der Waals surface area contributed by atoms with Crippen LogP contribution in [-0.4, -0.2) is 25.3 Å². The first-order valence-corrected chi connectivity index (χ1v) is 11.3. The van der Waals surface area contributed by atoms with Gasteiger partial charge in [-0.3, -0.25) is 4.79 Å². The second-order valence-electron chi connectivity index (χ2n) is 6.04. The van der Waals surface area contributed by atoms with Gasteiger partial charge in [-0.25, -0.2) is 8.42 Å². The van der Waals surface area contributed by atoms with Crippen molar-refractivity contribution in [3.8, 4) is 0 Å². The van der Waals surface area contributed by atoms with Crippen molar-refractivity contribution in [1.29, 1.82) is 0 Å². The zero-order valence-electron chi connectivity index (χ0n) is 13.9. The number of halogens is 2. The van der Waals surface area contributed by atoms with Gasteiger partial charge in [-0.05, 0) is 43.2 Å². The van der Waals surface area contributed by atoms with E-state index < -0.39 is 15.1 Å². The number of nitrogens with one attached hydrogen (secondary N) is 1. The lowest BCUT2D eigenvalue weighted by Crippen LogP contribution is -2.37. The molecule has 2 atom stereocenters. The molecule has 1 heterocycles. The fourth-order valence-corrected chi connectivity index (χ4v) is 5.88. The first kappa shape index (κ1) is 19.5. The molecule has 3 rings (SSSR count). The lowest BCUT2D eigenvalue weighted by Gasteiger charge is -2.27. The number of carbonyl (C=O) groups excluding carboxylic acids is 1. The van der Waals surface area contributed by atoms with Crippen LogP contribution in [0, 0.1) is 0 Å². The summed E-state index contributed by atoms with van der Waals surface area (Å²) in [6.45, 7) is 1.78. The zero-order chi connectivity index (χ0) is 18.9. The number of carbonyl (C=O) groups is 1. The van der Waals surface area contributed by atoms with E-state index in [1.807, 2.05) is 0 Å². The van der Waals surface area contributed by atoms with Crippen molar-refractivity contribution in [2.75, 3.05) is 5.75 Å². The summed E-state index contributed by atoms with van der Waals surface area (Å²) in [5.41, 5.74) is 0.644. The molecule has 8 heteroatoms. The summed E-state index contributed by atoms with van der Waals surface area (Å²) in [5.74, 6) is -0.151. The van der Waals surface area contributed by atoms with Crippen molar-refractivity contribution < 1.29 is 13.2 Å². The lowest BCUT2D eigenvalue weighted by atomic mass is 10.0. The maximum absolute atomic E-state index is 12.6. The van der Waals surface area contributed by atoms with Gasteiger partial charge in [0.1, 0.15) is 0 Å². The molecule has 0 saturated carbocycles. The van der Waals surface area contributed by atoms with Gasteiger partial charge in [0, 0.05) is 9.92 Å². The fourth-order valence-electron chi connectivity index (χ4n) is 2.84. The Hall–Kier alpha value is -1.21. The molecule has 0 aromatic heterocycles. The van der Waals surface area contributed by atoms with Gasteiger partial charge in [0.05, 0.1) is 27.0 Å². The smallest absolute Gasteiger partial charge is 0.233 e. The number of thioether (sulfide) groups is 1. The van der Waals surface area contributed by atoms with Gasteiger partial charge >= 0.3 is 0 Å². The Bertz CT molecular complexity index is 947. The van der Waals surface area contributed by atoms with Gasteiger partial charge in [-0.2, -0.15) is 0 Å². The van der Waals surface area contributed by atoms with Crippen LogP contribution in [0.15, 0.2) is 52.3 Å². The van der Waals surface area contributed by atoms with Gasteiger partial charge in [-0.1, -0.05) is 41.4 Å². The zero-order valence-corrected chi connectivity index (χ0v) is 17.1. The number of fused-ring (bicyclic) bond motifs is 1. The number of amides is 1. The van der Waals surface area contributed by atoms with Crippen molar-refractivity contribution in [3.63, 3.8) is 0 Å². The van der Waals surface area contributed by atoms with E-state index in [2.05, 4.69) is 5.32 Å². The third-order valence-electron chi connectivity index (χ3n) is 4.19. The molecular formula is C18H17Cl2NO3S2. The summed E-state index contributed by atoms with van der Waals surface area (Å²) in [4.78, 5) is 13.7. The molecule has 0 saturated heterocycles. The molecular weight excluding hydrogens is 413 g/mol. The molecule has 1 amide bonds. The van der Waals surface area contributed by atoms with Gasteiger partial charge < -0.3 is 5.32 Å². The Morgan fingerprint density at radius 1 is 1.23 bits per heavy atom. The highest BCUT2D eigenvalue weighted by molar-refractivity contribution is 8.00. The number of rotatable bonds is 4. The number of hydrogen-bond acceptors (Lipinski definition) is 4. The molecule has 1 N–H and O–H groups in total. The minimum Gasteiger partial charge on any atom is -0.348 e. The summed E-state index contributed by atoms with van der Waals surface area (Å²) in [6.07, 6.45) is 0.362. The lowest BCUT2D eigenvalue weighted by molar-refractivity contribution is -0.121. The summed E-state index contributed by atoms with van der Waals surface area (Å²) in [5, 5.41) is 3.65. The van der Waals surface area contributed by atoms with Crippen LogP contribution in [0.4, 0.5) is 0 Å². The highest BCUT2D eigenvalue weighted by atomic mass is 35.5. The van der Waals surface area contributed by atoms with E-state index in [4.69, 9.17) is 23.2 Å². The van der Waals surface area contributed by atoms with E-state index in [1.54, 1.807) is 49.4 Å². The van der Waals surface area contributed by atoms with Crippen LogP contribution in [0.2, 0.25) is 10.0 Å². The van der Waals surface area contributed by atoms with Gasteiger partial charge in [-0.15, -0.1) is 11.8 Å². The number of benzene rings is 2. The van der Waals surface area contributed by atoms with Crippen LogP contribution < -0.4 is 5.32 Å². The molecule has 0 bridgehead atoms. The third kappa shape index (κ3) is 4.19. The maximum atomic E-state index is 12.6. The maximum Gasteiger partial charge on any atom is 0.233 e. The van der Waals surface area contributed by atoms with E-state index >= 15 is 0 Å². The van der Waals surface area contributed by atoms with Gasteiger partial charge in [0.15, 0.2) is 9.84 Å². The SMILES string of the molecule is CC(Sc1cc(Cl)ccc1Cl)C(=O)NC1CCS(=O)(=O)c2ccccc21. The molecule has 1 aliphatic heterocycles. The van der Waals surface area contributed by atoms with E-state index in [-0.39, 0.29) is 17.7 Å². The number of sulfone groups is 1. The van der Waals surface area contributed by atoms with Crippen LogP contribution in [0.1, 0.15) is 24.9 Å². The summed E-state index contributed by atoms with van der Waals surface area (Å²) >= 11 is 13.5. The topological polar surface area (TPSA) is 63.2 Å². The highest BCUT2D eigenvalue weighted by Crippen LogP contribution is 2.35. The Balaban J connectivity index is 1.75. The third-order valence-corrected chi connectivity index (χ3v) is 7.84. The first-order valence-electron chi connectivity index (χ1n) is 8.02. The summed E-state index contributed by atoms with van der Waals surface area (Å²) in [7, 11) is -3.28. The summed E-state index contributed by atoms with van der Waals surface area (Å²) < 4.78 is 24.4. The van der Waals surface area contributed by atoms with Gasteiger partial charge in [0.25, 0.3) is 0 Å². The van der Waals surface area contributed by atoms with Crippen LogP contribution in [0.3, 0.4) is 0 Å². The van der Waals surface area contributed by atoms with Crippen LogP contribution in [0.5, 0.6) is 0 Å². The average molecular weight is 430 g/mol. The first-order chi connectivity index (χ1) is 12.3. The predicted octanol–water partition coefficient (Wildman–Crippen LogP) is 4.51. The molecule has 1 aliphatic rings. The monoisotopic (exact) mass is 429 g/mol. The fraction of sp³-hybridized carbons (Fsp3) is 0.278. The van der Waals surface area contributed by atoms with Crippen LogP contribution in [0.25, 0.3) is 0 Å². The molecule has 138 valence electrons. The molecule has 0 radical (unpaired) electrons. The van der Waals surface area contributed by atoms with Crippen LogP contribution >= 0.6 is 35.0 Å². The average Bonchev–Trinajstić information content (AvgIpc) is 2.60. The molecule has 0 spiro atoms. The second-order valence-corrected chi connectivity index (χ2v) is 10.3. The Morgan fingerprint density at radius 3 is 2.73 bits per heavy atom. The molecule has 2 unspecified atom stereocenters. The number of hydrogen-bond donors (Lipinski definition) is 1. The quantitative estimate of drug-likeness (QED) is 0.726. The molecule has 0 aliphatic carbocycles. The van der Waals surface area contributed by atoms with Crippen molar-refractivity contribution in [2.45, 2.75) is 34.4 Å². The van der Waals surface area contributed by atoms with Crippen LogP contribution in [-0.2, 0) is 14.6 Å². The minimum absolute atomic E-state index is 0.0244. The standard InChI is InChI=1S/C18H17Cl2NO3S2/c1-11(25-16-10-12(19)6-7-14(16)20)18(22)21-15-8-9-26(23,24)17-5-3-2-4-13(15)17/h2-7,10-11,15H,8-9H2,1H3,(H,21,22). The predicted molar refractivity (Wildman–Crippen MR) is 106 cm³/mol. The van der Waals surface area contributed by atoms with E-state index in [1.165, 1.54) is 11.8 Å². The normalized spacial score (nSPS) is 19.4. The van der Waals surface area contributed by atoms with Crippen molar-refractivity contribution >= 4 is 50.7 Å². The molecule has 0 fully saturated rings. The van der Waals surface area contributed by atoms with E-state index in [0.717, 1.165) is 4.90 Å². The molecule has 4 nitrogen and oxygen atoms in total. The molecule has 2 aromatic carbocycles. The highest BCUT2D eigenvalue weighted by Gasteiger charge is 2.31.